The molecule has 8 heteroatoms. The molecule has 1 atom stereocenters. The molecule has 8 nitrogen and oxygen atoms in total. The minimum Gasteiger partial charge on any atom is -0.497 e. The fraction of sp³-hybridized carbons (Fsp3) is 0.417. The van der Waals surface area contributed by atoms with Crippen LogP contribution in [0.2, 0.25) is 0 Å². The van der Waals surface area contributed by atoms with Gasteiger partial charge in [-0.15, -0.1) is 0 Å². The highest BCUT2D eigenvalue weighted by atomic mass is 16.5. The summed E-state index contributed by atoms with van der Waals surface area (Å²) in [6.07, 6.45) is 2.56. The van der Waals surface area contributed by atoms with Crippen molar-refractivity contribution in [3.8, 4) is 17.2 Å². The van der Waals surface area contributed by atoms with Crippen LogP contribution in [0.25, 0.3) is 0 Å². The molecule has 0 bridgehead atoms. The van der Waals surface area contributed by atoms with Crippen molar-refractivity contribution in [2.24, 2.45) is 0 Å². The van der Waals surface area contributed by atoms with Crippen LogP contribution >= 0.6 is 0 Å². The molecule has 0 aromatic heterocycles. The van der Waals surface area contributed by atoms with Gasteiger partial charge in [0.2, 0.25) is 5.91 Å². The molecule has 1 N–H and O–H groups in total. The molecule has 2 heterocycles. The van der Waals surface area contributed by atoms with E-state index in [1.165, 1.54) is 0 Å². The third-order valence-corrected chi connectivity index (χ3v) is 5.82. The van der Waals surface area contributed by atoms with E-state index < -0.39 is 6.10 Å². The van der Waals surface area contributed by atoms with Crippen molar-refractivity contribution in [1.82, 2.24) is 4.90 Å². The maximum Gasteiger partial charge on any atom is 0.265 e. The van der Waals surface area contributed by atoms with Crippen molar-refractivity contribution in [3.63, 3.8) is 0 Å². The molecule has 2 aromatic rings. The van der Waals surface area contributed by atoms with E-state index in [1.54, 1.807) is 32.4 Å². The second-order valence-corrected chi connectivity index (χ2v) is 7.96. The Kier molecular flexibility index (Phi) is 6.68. The SMILES string of the molecule is COc1ccc(NC(=O)CN2CC(C(=O)N3CCCCC3)Oc3ccccc32)c(OC)c1. The van der Waals surface area contributed by atoms with Gasteiger partial charge >= 0.3 is 0 Å². The molecule has 0 radical (unpaired) electrons. The largest absolute Gasteiger partial charge is 0.497 e. The number of carbonyl (C=O) groups is 2. The lowest BCUT2D eigenvalue weighted by Gasteiger charge is -2.38. The van der Waals surface area contributed by atoms with Crippen LogP contribution in [0.1, 0.15) is 19.3 Å². The van der Waals surface area contributed by atoms with Crippen molar-refractivity contribution < 1.29 is 23.8 Å². The Hall–Kier alpha value is -3.42. The molecule has 0 spiro atoms. The quantitative estimate of drug-likeness (QED) is 0.746. The number of nitrogens with zero attached hydrogens (tertiary/aromatic N) is 2. The van der Waals surface area contributed by atoms with Gasteiger partial charge in [0.05, 0.1) is 38.7 Å². The molecule has 0 aliphatic carbocycles. The van der Waals surface area contributed by atoms with Crippen molar-refractivity contribution in [3.05, 3.63) is 42.5 Å². The Morgan fingerprint density at radius 3 is 2.59 bits per heavy atom. The van der Waals surface area contributed by atoms with Gasteiger partial charge in [-0.3, -0.25) is 9.59 Å². The van der Waals surface area contributed by atoms with Crippen LogP contribution in [0.4, 0.5) is 11.4 Å². The van der Waals surface area contributed by atoms with Gasteiger partial charge in [-0.1, -0.05) is 12.1 Å². The molecular formula is C24H29N3O5. The van der Waals surface area contributed by atoms with E-state index in [-0.39, 0.29) is 18.4 Å². The Morgan fingerprint density at radius 2 is 1.84 bits per heavy atom. The zero-order chi connectivity index (χ0) is 22.5. The maximum absolute atomic E-state index is 13.1. The topological polar surface area (TPSA) is 80.3 Å². The summed E-state index contributed by atoms with van der Waals surface area (Å²) in [5.41, 5.74) is 1.35. The number of hydrogen-bond acceptors (Lipinski definition) is 6. The van der Waals surface area contributed by atoms with Crippen molar-refractivity contribution in [2.45, 2.75) is 25.4 Å². The molecule has 2 aliphatic rings. The van der Waals surface area contributed by atoms with Gasteiger partial charge in [-0.25, -0.2) is 0 Å². The summed E-state index contributed by atoms with van der Waals surface area (Å²) in [5, 5.41) is 2.90. The highest BCUT2D eigenvalue weighted by Gasteiger charge is 2.34. The van der Waals surface area contributed by atoms with Crippen LogP contribution in [-0.2, 0) is 9.59 Å². The third kappa shape index (κ3) is 4.74. The van der Waals surface area contributed by atoms with Crippen LogP contribution in [0.5, 0.6) is 17.2 Å². The molecular weight excluding hydrogens is 410 g/mol. The van der Waals surface area contributed by atoms with Gasteiger partial charge in [0, 0.05) is 19.2 Å². The molecule has 32 heavy (non-hydrogen) atoms. The summed E-state index contributed by atoms with van der Waals surface area (Å²) in [5.74, 6) is 1.54. The lowest BCUT2D eigenvalue weighted by atomic mass is 10.1. The number of carbonyl (C=O) groups excluding carboxylic acids is 2. The van der Waals surface area contributed by atoms with E-state index in [2.05, 4.69) is 5.32 Å². The second kappa shape index (κ2) is 9.80. The van der Waals surface area contributed by atoms with Gasteiger partial charge in [0.25, 0.3) is 5.91 Å². The first kappa shape index (κ1) is 21.8. The first-order valence-corrected chi connectivity index (χ1v) is 10.9. The number of nitrogens with one attached hydrogen (secondary N) is 1. The predicted molar refractivity (Wildman–Crippen MR) is 122 cm³/mol. The molecule has 2 aliphatic heterocycles. The highest BCUT2D eigenvalue weighted by molar-refractivity contribution is 5.96. The summed E-state index contributed by atoms with van der Waals surface area (Å²) in [6.45, 7) is 1.93. The third-order valence-electron chi connectivity index (χ3n) is 5.82. The molecule has 1 fully saturated rings. The van der Waals surface area contributed by atoms with Gasteiger partial charge in [0.15, 0.2) is 6.10 Å². The van der Waals surface area contributed by atoms with Crippen molar-refractivity contribution in [1.29, 1.82) is 0 Å². The molecule has 2 aromatic carbocycles. The minimum atomic E-state index is -0.633. The van der Waals surface area contributed by atoms with Crippen LogP contribution < -0.4 is 24.4 Å². The van der Waals surface area contributed by atoms with E-state index in [0.717, 1.165) is 38.0 Å². The summed E-state index contributed by atoms with van der Waals surface area (Å²) < 4.78 is 16.6. The number of rotatable bonds is 6. The molecule has 2 amide bonds. The zero-order valence-electron chi connectivity index (χ0n) is 18.5. The normalized spacial score (nSPS) is 17.8. The fourth-order valence-corrected chi connectivity index (χ4v) is 4.17. The lowest BCUT2D eigenvalue weighted by Crippen LogP contribution is -2.52. The summed E-state index contributed by atoms with van der Waals surface area (Å²) >= 11 is 0. The number of hydrogen-bond donors (Lipinski definition) is 1. The number of benzene rings is 2. The predicted octanol–water partition coefficient (Wildman–Crippen LogP) is 2.92. The number of anilines is 2. The van der Waals surface area contributed by atoms with Gasteiger partial charge < -0.3 is 29.3 Å². The first-order valence-electron chi connectivity index (χ1n) is 10.9. The van der Waals surface area contributed by atoms with E-state index in [9.17, 15) is 9.59 Å². The monoisotopic (exact) mass is 439 g/mol. The van der Waals surface area contributed by atoms with Gasteiger partial charge in [-0.05, 0) is 43.5 Å². The van der Waals surface area contributed by atoms with Gasteiger partial charge in [0.1, 0.15) is 17.2 Å². The molecule has 1 unspecified atom stereocenters. The fourth-order valence-electron chi connectivity index (χ4n) is 4.17. The molecule has 0 saturated carbocycles. The van der Waals surface area contributed by atoms with E-state index >= 15 is 0 Å². The van der Waals surface area contributed by atoms with Crippen molar-refractivity contribution >= 4 is 23.2 Å². The summed E-state index contributed by atoms with van der Waals surface area (Å²) in [6, 6.07) is 12.7. The molecule has 1 saturated heterocycles. The average Bonchev–Trinajstić information content (AvgIpc) is 2.84. The Bertz CT molecular complexity index is 974. The van der Waals surface area contributed by atoms with Crippen LogP contribution in [0, 0.1) is 0 Å². The zero-order valence-corrected chi connectivity index (χ0v) is 18.5. The van der Waals surface area contributed by atoms with Crippen molar-refractivity contribution in [2.75, 3.05) is 50.6 Å². The molecule has 4 rings (SSSR count). The molecule has 170 valence electrons. The smallest absolute Gasteiger partial charge is 0.265 e. The number of likely N-dealkylation sites (tertiary alicyclic amines) is 1. The first-order chi connectivity index (χ1) is 15.6. The van der Waals surface area contributed by atoms with E-state index in [0.29, 0.717) is 29.5 Å². The Labute approximate surface area is 188 Å². The minimum absolute atomic E-state index is 0.0126. The van der Waals surface area contributed by atoms with E-state index in [4.69, 9.17) is 14.2 Å². The van der Waals surface area contributed by atoms with Crippen LogP contribution in [0.15, 0.2) is 42.5 Å². The number of piperidine rings is 1. The highest BCUT2D eigenvalue weighted by Crippen LogP contribution is 2.34. The Balaban J connectivity index is 1.49. The number of amides is 2. The number of ether oxygens (including phenoxy) is 3. The van der Waals surface area contributed by atoms with Gasteiger partial charge in [-0.2, -0.15) is 0 Å². The summed E-state index contributed by atoms with van der Waals surface area (Å²) in [4.78, 5) is 29.8. The average molecular weight is 440 g/mol. The van der Waals surface area contributed by atoms with Crippen LogP contribution in [0.3, 0.4) is 0 Å². The standard InChI is InChI=1S/C24H29N3O5/c1-30-17-10-11-18(21(14-17)31-2)25-23(28)16-27-15-22(24(29)26-12-6-3-7-13-26)32-20-9-5-4-8-19(20)27/h4-5,8-11,14,22H,3,6-7,12-13,15-16H2,1-2H3,(H,25,28). The number of para-hydroxylation sites is 2. The number of methoxy groups -OCH3 is 2. The van der Waals surface area contributed by atoms with Crippen LogP contribution in [-0.4, -0.2) is 63.2 Å². The van der Waals surface area contributed by atoms with E-state index in [1.807, 2.05) is 34.1 Å². The number of fused-ring (bicyclic) bond motifs is 1. The Morgan fingerprint density at radius 1 is 1.06 bits per heavy atom. The summed E-state index contributed by atoms with van der Waals surface area (Å²) in [7, 11) is 3.12. The second-order valence-electron chi connectivity index (χ2n) is 7.96. The lowest BCUT2D eigenvalue weighted by molar-refractivity contribution is -0.139. The maximum atomic E-state index is 13.1.